The zero-order valence-electron chi connectivity index (χ0n) is 7.08. The summed E-state index contributed by atoms with van der Waals surface area (Å²) in [6, 6.07) is 6.50. The molecule has 5 heteroatoms. The molecule has 72 valence electrons. The molecule has 1 atom stereocenters. The first-order valence-corrected chi connectivity index (χ1v) is 5.11. The van der Waals surface area contributed by atoms with Crippen LogP contribution in [0, 0.1) is 3.57 Å². The van der Waals surface area contributed by atoms with E-state index in [4.69, 9.17) is 0 Å². The number of nitrogens with one attached hydrogen (secondary N) is 2. The minimum Gasteiger partial charge on any atom is -0.322 e. The molecule has 0 spiro atoms. The van der Waals surface area contributed by atoms with E-state index in [1.807, 2.05) is 24.3 Å². The van der Waals surface area contributed by atoms with Crippen LogP contribution in [0.25, 0.3) is 0 Å². The van der Waals surface area contributed by atoms with Crippen molar-refractivity contribution in [2.45, 2.75) is 6.04 Å². The molecule has 1 aliphatic rings. The Bertz CT molecular complexity index is 406. The summed E-state index contributed by atoms with van der Waals surface area (Å²) in [5.74, 6) is -0.294. The standard InChI is InChI=1S/C9H7IN2O2/c10-6-3-1-2-5(4-6)7-8(13)12-9(14)11-7/h1-4,7H,(H2,11,12,13,14). The summed E-state index contributed by atoms with van der Waals surface area (Å²) in [7, 11) is 0. The number of imide groups is 1. The molecular formula is C9H7IN2O2. The van der Waals surface area contributed by atoms with Gasteiger partial charge in [0.05, 0.1) is 0 Å². The molecule has 1 aromatic rings. The van der Waals surface area contributed by atoms with Crippen LogP contribution in [0.1, 0.15) is 11.6 Å². The summed E-state index contributed by atoms with van der Waals surface area (Å²) < 4.78 is 1.04. The zero-order valence-corrected chi connectivity index (χ0v) is 9.24. The monoisotopic (exact) mass is 302 g/mol. The van der Waals surface area contributed by atoms with Crippen molar-refractivity contribution in [1.82, 2.24) is 10.6 Å². The van der Waals surface area contributed by atoms with Gasteiger partial charge in [0.15, 0.2) is 0 Å². The van der Waals surface area contributed by atoms with E-state index < -0.39 is 12.1 Å². The van der Waals surface area contributed by atoms with Crippen molar-refractivity contribution in [2.75, 3.05) is 0 Å². The van der Waals surface area contributed by atoms with E-state index in [1.165, 1.54) is 0 Å². The predicted octanol–water partition coefficient (Wildman–Crippen LogP) is 1.17. The predicted molar refractivity (Wildman–Crippen MR) is 58.6 cm³/mol. The van der Waals surface area contributed by atoms with Gasteiger partial charge in [0, 0.05) is 3.57 Å². The van der Waals surface area contributed by atoms with Crippen molar-refractivity contribution in [3.63, 3.8) is 0 Å². The minimum atomic E-state index is -0.544. The van der Waals surface area contributed by atoms with Crippen molar-refractivity contribution in [3.05, 3.63) is 33.4 Å². The third kappa shape index (κ3) is 1.72. The number of urea groups is 1. The Morgan fingerprint density at radius 3 is 2.64 bits per heavy atom. The number of rotatable bonds is 1. The topological polar surface area (TPSA) is 58.2 Å². The number of carbonyl (C=O) groups is 2. The zero-order chi connectivity index (χ0) is 10.1. The highest BCUT2D eigenvalue weighted by molar-refractivity contribution is 14.1. The fourth-order valence-corrected chi connectivity index (χ4v) is 1.90. The quantitative estimate of drug-likeness (QED) is 0.604. The summed E-state index contributed by atoms with van der Waals surface area (Å²) in [6.45, 7) is 0. The van der Waals surface area contributed by atoms with Crippen LogP contribution in [0.4, 0.5) is 4.79 Å². The van der Waals surface area contributed by atoms with E-state index in [1.54, 1.807) is 0 Å². The van der Waals surface area contributed by atoms with Crippen molar-refractivity contribution in [3.8, 4) is 0 Å². The van der Waals surface area contributed by atoms with Crippen molar-refractivity contribution >= 4 is 34.5 Å². The molecule has 1 saturated heterocycles. The van der Waals surface area contributed by atoms with Gasteiger partial charge in [0.1, 0.15) is 6.04 Å². The second kappa shape index (κ2) is 3.56. The number of halogens is 1. The molecule has 0 saturated carbocycles. The lowest BCUT2D eigenvalue weighted by molar-refractivity contribution is -0.120. The Labute approximate surface area is 94.2 Å². The van der Waals surface area contributed by atoms with Gasteiger partial charge >= 0.3 is 6.03 Å². The Hall–Kier alpha value is -1.11. The van der Waals surface area contributed by atoms with Crippen LogP contribution >= 0.6 is 22.6 Å². The maximum atomic E-state index is 11.3. The average Bonchev–Trinajstić information content (AvgIpc) is 2.45. The Morgan fingerprint density at radius 1 is 1.29 bits per heavy atom. The summed E-state index contributed by atoms with van der Waals surface area (Å²) in [4.78, 5) is 22.2. The van der Waals surface area contributed by atoms with Gasteiger partial charge in [-0.2, -0.15) is 0 Å². The fourth-order valence-electron chi connectivity index (χ4n) is 1.34. The van der Waals surface area contributed by atoms with Crippen LogP contribution in [-0.4, -0.2) is 11.9 Å². The van der Waals surface area contributed by atoms with Crippen LogP contribution in [0.15, 0.2) is 24.3 Å². The highest BCUT2D eigenvalue weighted by Crippen LogP contribution is 2.18. The van der Waals surface area contributed by atoms with Gasteiger partial charge in [0.25, 0.3) is 5.91 Å². The van der Waals surface area contributed by atoms with Gasteiger partial charge in [0.2, 0.25) is 0 Å². The minimum absolute atomic E-state index is 0.294. The van der Waals surface area contributed by atoms with Gasteiger partial charge in [-0.15, -0.1) is 0 Å². The van der Waals surface area contributed by atoms with Crippen LogP contribution in [0.5, 0.6) is 0 Å². The number of hydrogen-bond donors (Lipinski definition) is 2. The van der Waals surface area contributed by atoms with Gasteiger partial charge < -0.3 is 5.32 Å². The second-order valence-corrected chi connectivity index (χ2v) is 4.20. The maximum Gasteiger partial charge on any atom is 0.322 e. The first kappa shape index (κ1) is 9.45. The third-order valence-corrected chi connectivity index (χ3v) is 2.63. The van der Waals surface area contributed by atoms with E-state index in [0.29, 0.717) is 0 Å². The van der Waals surface area contributed by atoms with Gasteiger partial charge in [-0.1, -0.05) is 12.1 Å². The molecule has 1 aliphatic heterocycles. The van der Waals surface area contributed by atoms with Crippen molar-refractivity contribution in [2.24, 2.45) is 0 Å². The van der Waals surface area contributed by atoms with E-state index >= 15 is 0 Å². The van der Waals surface area contributed by atoms with Crippen molar-refractivity contribution < 1.29 is 9.59 Å². The lowest BCUT2D eigenvalue weighted by Gasteiger charge is -2.06. The first-order chi connectivity index (χ1) is 6.66. The van der Waals surface area contributed by atoms with E-state index in [2.05, 4.69) is 33.2 Å². The first-order valence-electron chi connectivity index (χ1n) is 4.03. The maximum absolute atomic E-state index is 11.3. The number of benzene rings is 1. The molecule has 2 rings (SSSR count). The number of carbonyl (C=O) groups excluding carboxylic acids is 2. The third-order valence-electron chi connectivity index (χ3n) is 1.96. The summed E-state index contributed by atoms with van der Waals surface area (Å²) in [6.07, 6.45) is 0. The fraction of sp³-hybridized carbons (Fsp3) is 0.111. The Kier molecular flexibility index (Phi) is 2.40. The lowest BCUT2D eigenvalue weighted by atomic mass is 10.1. The molecule has 0 radical (unpaired) electrons. The summed E-state index contributed by atoms with van der Waals surface area (Å²) in [5.41, 5.74) is 0.806. The molecule has 2 N–H and O–H groups in total. The molecule has 0 aromatic heterocycles. The molecule has 3 amide bonds. The average molecular weight is 302 g/mol. The number of amides is 3. The molecule has 0 bridgehead atoms. The molecule has 4 nitrogen and oxygen atoms in total. The Balaban J connectivity index is 2.31. The second-order valence-electron chi connectivity index (χ2n) is 2.95. The molecular weight excluding hydrogens is 295 g/mol. The molecule has 1 unspecified atom stereocenters. The highest BCUT2D eigenvalue weighted by Gasteiger charge is 2.30. The van der Waals surface area contributed by atoms with Crippen LogP contribution in [0.2, 0.25) is 0 Å². The van der Waals surface area contributed by atoms with Crippen LogP contribution in [-0.2, 0) is 4.79 Å². The SMILES string of the molecule is O=C1NC(=O)C(c2cccc(I)c2)N1. The molecule has 1 aromatic carbocycles. The smallest absolute Gasteiger partial charge is 0.322 e. The van der Waals surface area contributed by atoms with E-state index in [9.17, 15) is 9.59 Å². The van der Waals surface area contributed by atoms with Crippen LogP contribution < -0.4 is 10.6 Å². The Morgan fingerprint density at radius 2 is 2.07 bits per heavy atom. The molecule has 0 aliphatic carbocycles. The van der Waals surface area contributed by atoms with Gasteiger partial charge in [-0.05, 0) is 40.3 Å². The van der Waals surface area contributed by atoms with Crippen LogP contribution in [0.3, 0.4) is 0 Å². The normalized spacial score (nSPS) is 20.5. The van der Waals surface area contributed by atoms with Gasteiger partial charge in [-0.3, -0.25) is 10.1 Å². The summed E-state index contributed by atoms with van der Waals surface area (Å²) in [5, 5.41) is 4.74. The van der Waals surface area contributed by atoms with E-state index in [0.717, 1.165) is 9.13 Å². The van der Waals surface area contributed by atoms with Crippen molar-refractivity contribution in [1.29, 1.82) is 0 Å². The summed E-state index contributed by atoms with van der Waals surface area (Å²) >= 11 is 2.16. The molecule has 1 heterocycles. The number of hydrogen-bond acceptors (Lipinski definition) is 2. The van der Waals surface area contributed by atoms with Gasteiger partial charge in [-0.25, -0.2) is 4.79 Å². The molecule has 14 heavy (non-hydrogen) atoms. The largest absolute Gasteiger partial charge is 0.322 e. The highest BCUT2D eigenvalue weighted by atomic mass is 127. The molecule has 1 fully saturated rings. The van der Waals surface area contributed by atoms with E-state index in [-0.39, 0.29) is 5.91 Å². The lowest BCUT2D eigenvalue weighted by Crippen LogP contribution is -2.22.